The highest BCUT2D eigenvalue weighted by molar-refractivity contribution is 6.08. The van der Waals surface area contributed by atoms with Crippen molar-refractivity contribution >= 4 is 10.2 Å². The Morgan fingerprint density at radius 2 is 1.58 bits per heavy atom. The first-order chi connectivity index (χ1) is 5.80. The molecule has 12 heavy (non-hydrogen) atoms. The number of methoxy groups -OCH3 is 2. The normalized spacial score (nSPS) is 9.58. The molecular formula is C9H12O2Si. The Labute approximate surface area is 75.9 Å². The van der Waals surface area contributed by atoms with Gasteiger partial charge in [0.25, 0.3) is 0 Å². The van der Waals surface area contributed by atoms with E-state index in [-0.39, 0.29) is 0 Å². The van der Waals surface area contributed by atoms with Crippen LogP contribution >= 0.6 is 0 Å². The van der Waals surface area contributed by atoms with Crippen molar-refractivity contribution in [3.63, 3.8) is 0 Å². The molecule has 0 N–H and O–H groups in total. The lowest BCUT2D eigenvalue weighted by atomic mass is 10.2. The molecule has 0 aliphatic carbocycles. The van der Waals surface area contributed by atoms with Gasteiger partial charge in [0.05, 0.1) is 14.2 Å². The molecule has 0 bridgehead atoms. The van der Waals surface area contributed by atoms with Crippen LogP contribution in [0.25, 0.3) is 0 Å². The SMILES string of the molecule is COc1cc(C[SiH])cc(OC)c1. The minimum atomic E-state index is 0.840. The van der Waals surface area contributed by atoms with Gasteiger partial charge in [-0.3, -0.25) is 0 Å². The van der Waals surface area contributed by atoms with E-state index < -0.39 is 0 Å². The quantitative estimate of drug-likeness (QED) is 0.649. The van der Waals surface area contributed by atoms with Gasteiger partial charge in [0.1, 0.15) is 11.5 Å². The molecule has 0 amide bonds. The molecule has 1 rings (SSSR count). The van der Waals surface area contributed by atoms with E-state index in [0.29, 0.717) is 0 Å². The minimum absolute atomic E-state index is 0.840. The summed E-state index contributed by atoms with van der Waals surface area (Å²) in [5, 5.41) is 0. The zero-order valence-electron chi connectivity index (χ0n) is 7.33. The fraction of sp³-hybridized carbons (Fsp3) is 0.333. The zero-order valence-corrected chi connectivity index (χ0v) is 8.49. The van der Waals surface area contributed by atoms with Crippen LogP contribution in [-0.2, 0) is 6.04 Å². The summed E-state index contributed by atoms with van der Waals surface area (Å²) in [6.45, 7) is 0. The van der Waals surface area contributed by atoms with E-state index in [2.05, 4.69) is 10.2 Å². The Morgan fingerprint density at radius 3 is 1.92 bits per heavy atom. The Bertz CT molecular complexity index is 205. The van der Waals surface area contributed by atoms with Gasteiger partial charge < -0.3 is 9.47 Å². The first kappa shape index (κ1) is 9.13. The lowest BCUT2D eigenvalue weighted by Crippen LogP contribution is -1.91. The highest BCUT2D eigenvalue weighted by Crippen LogP contribution is 2.21. The summed E-state index contributed by atoms with van der Waals surface area (Å²) in [5.74, 6) is 1.68. The van der Waals surface area contributed by atoms with Gasteiger partial charge in [0.2, 0.25) is 0 Å². The second-order valence-corrected chi connectivity index (χ2v) is 2.83. The fourth-order valence-corrected chi connectivity index (χ4v) is 1.22. The molecule has 0 heterocycles. The summed E-state index contributed by atoms with van der Waals surface area (Å²) < 4.78 is 10.2. The summed E-state index contributed by atoms with van der Waals surface area (Å²) in [6, 6.07) is 6.77. The first-order valence-corrected chi connectivity index (χ1v) is 4.54. The fourth-order valence-electron chi connectivity index (χ4n) is 0.984. The van der Waals surface area contributed by atoms with Gasteiger partial charge in [0.15, 0.2) is 0 Å². The Kier molecular flexibility index (Phi) is 3.16. The van der Waals surface area contributed by atoms with E-state index in [4.69, 9.17) is 9.47 Å². The Hall–Kier alpha value is -0.963. The molecule has 2 nitrogen and oxygen atoms in total. The molecule has 1 aromatic carbocycles. The van der Waals surface area contributed by atoms with E-state index in [1.165, 1.54) is 5.56 Å². The van der Waals surface area contributed by atoms with Gasteiger partial charge >= 0.3 is 0 Å². The maximum Gasteiger partial charge on any atom is 0.122 e. The van der Waals surface area contributed by atoms with Crippen molar-refractivity contribution < 1.29 is 9.47 Å². The van der Waals surface area contributed by atoms with Gasteiger partial charge in [-0.05, 0) is 23.7 Å². The van der Waals surface area contributed by atoms with E-state index in [0.717, 1.165) is 17.5 Å². The van der Waals surface area contributed by atoms with Crippen LogP contribution in [0.15, 0.2) is 18.2 Å². The van der Waals surface area contributed by atoms with Gasteiger partial charge in [-0.2, -0.15) is 0 Å². The molecule has 0 saturated heterocycles. The van der Waals surface area contributed by atoms with Crippen LogP contribution in [0.5, 0.6) is 11.5 Å². The standard InChI is InChI=1S/C9H12O2Si/c1-10-8-3-7(6-12)4-9(5-8)11-2/h3-5,12H,6H2,1-2H3. The molecular weight excluding hydrogens is 168 g/mol. The van der Waals surface area contributed by atoms with Gasteiger partial charge in [0, 0.05) is 16.3 Å². The third-order valence-electron chi connectivity index (χ3n) is 1.65. The Morgan fingerprint density at radius 1 is 1.08 bits per heavy atom. The molecule has 2 radical (unpaired) electrons. The molecule has 0 aromatic heterocycles. The van der Waals surface area contributed by atoms with Crippen molar-refractivity contribution in [1.82, 2.24) is 0 Å². The largest absolute Gasteiger partial charge is 0.497 e. The van der Waals surface area contributed by atoms with Crippen LogP contribution in [0.4, 0.5) is 0 Å². The van der Waals surface area contributed by atoms with Gasteiger partial charge in [-0.1, -0.05) is 0 Å². The van der Waals surface area contributed by atoms with Crippen molar-refractivity contribution in [2.24, 2.45) is 0 Å². The average molecular weight is 180 g/mol. The number of hydrogen-bond acceptors (Lipinski definition) is 2. The predicted molar refractivity (Wildman–Crippen MR) is 50.4 cm³/mol. The summed E-state index contributed by atoms with van der Waals surface area (Å²) in [4.78, 5) is 0. The topological polar surface area (TPSA) is 18.5 Å². The molecule has 0 aliphatic rings. The second-order valence-electron chi connectivity index (χ2n) is 2.43. The van der Waals surface area contributed by atoms with Crippen LogP contribution < -0.4 is 9.47 Å². The maximum atomic E-state index is 5.11. The first-order valence-electron chi connectivity index (χ1n) is 3.72. The van der Waals surface area contributed by atoms with E-state index in [1.54, 1.807) is 14.2 Å². The van der Waals surface area contributed by atoms with Crippen molar-refractivity contribution in [3.05, 3.63) is 23.8 Å². The summed E-state index contributed by atoms with van der Waals surface area (Å²) in [5.41, 5.74) is 1.19. The van der Waals surface area contributed by atoms with Gasteiger partial charge in [-0.25, -0.2) is 0 Å². The number of ether oxygens (including phenoxy) is 2. The smallest absolute Gasteiger partial charge is 0.122 e. The highest BCUT2D eigenvalue weighted by Gasteiger charge is 1.98. The summed E-state index contributed by atoms with van der Waals surface area (Å²) in [7, 11) is 5.98. The molecule has 3 heteroatoms. The minimum Gasteiger partial charge on any atom is -0.497 e. The van der Waals surface area contributed by atoms with Crippen LogP contribution in [0, 0.1) is 0 Å². The molecule has 0 fully saturated rings. The molecule has 1 aromatic rings. The Balaban J connectivity index is 3.01. The third kappa shape index (κ3) is 2.01. The molecule has 0 atom stereocenters. The predicted octanol–water partition coefficient (Wildman–Crippen LogP) is 1.10. The van der Waals surface area contributed by atoms with Crippen molar-refractivity contribution in [3.8, 4) is 11.5 Å². The molecule has 64 valence electrons. The maximum absolute atomic E-state index is 5.11. The van der Waals surface area contributed by atoms with Crippen molar-refractivity contribution in [2.75, 3.05) is 14.2 Å². The second kappa shape index (κ2) is 4.16. The monoisotopic (exact) mass is 180 g/mol. The number of hydrogen-bond donors (Lipinski definition) is 0. The van der Waals surface area contributed by atoms with E-state index >= 15 is 0 Å². The van der Waals surface area contributed by atoms with E-state index in [1.807, 2.05) is 18.2 Å². The lowest BCUT2D eigenvalue weighted by Gasteiger charge is -2.06. The summed E-state index contributed by atoms with van der Waals surface area (Å²) >= 11 is 0. The van der Waals surface area contributed by atoms with Crippen LogP contribution in [-0.4, -0.2) is 24.5 Å². The van der Waals surface area contributed by atoms with Crippen LogP contribution in [0.1, 0.15) is 5.56 Å². The third-order valence-corrected chi connectivity index (χ3v) is 2.12. The molecule has 0 aliphatic heterocycles. The molecule has 0 unspecified atom stereocenters. The van der Waals surface area contributed by atoms with Gasteiger partial charge in [-0.15, -0.1) is 0 Å². The van der Waals surface area contributed by atoms with E-state index in [9.17, 15) is 0 Å². The number of benzene rings is 1. The summed E-state index contributed by atoms with van der Waals surface area (Å²) in [6.07, 6.45) is 0. The lowest BCUT2D eigenvalue weighted by molar-refractivity contribution is 0.393. The highest BCUT2D eigenvalue weighted by atomic mass is 28.1. The van der Waals surface area contributed by atoms with Crippen LogP contribution in [0.3, 0.4) is 0 Å². The zero-order chi connectivity index (χ0) is 8.97. The van der Waals surface area contributed by atoms with Crippen molar-refractivity contribution in [2.45, 2.75) is 6.04 Å². The number of rotatable bonds is 3. The molecule has 0 saturated carbocycles. The van der Waals surface area contributed by atoms with Crippen molar-refractivity contribution in [1.29, 1.82) is 0 Å². The van der Waals surface area contributed by atoms with Crippen LogP contribution in [0.2, 0.25) is 0 Å². The average Bonchev–Trinajstić information content (AvgIpc) is 2.16. The molecule has 0 spiro atoms.